The van der Waals surface area contributed by atoms with Crippen molar-refractivity contribution in [3.05, 3.63) is 107 Å². The maximum atomic E-state index is 6.68. The van der Waals surface area contributed by atoms with Crippen molar-refractivity contribution in [2.45, 2.75) is 59.3 Å². The molecular formula is C39H34N2O. The zero-order valence-corrected chi connectivity index (χ0v) is 24.7. The van der Waals surface area contributed by atoms with Crippen LogP contribution in [0.25, 0.3) is 66.0 Å². The molecule has 2 aromatic heterocycles. The van der Waals surface area contributed by atoms with Gasteiger partial charge in [-0.2, -0.15) is 0 Å². The van der Waals surface area contributed by atoms with E-state index < -0.39 is 0 Å². The van der Waals surface area contributed by atoms with E-state index in [1.165, 1.54) is 75.4 Å². The first kappa shape index (κ1) is 25.2. The lowest BCUT2D eigenvalue weighted by Crippen LogP contribution is -2.01. The first-order chi connectivity index (χ1) is 20.5. The SMILES string of the molecule is Cc1cccc(C)c1-c1ccc2c(c1)oc1c(-c3ncnc4c3ccc3cc(C)c(C5CCCC5)c(C)c34)cccc12. The summed E-state index contributed by atoms with van der Waals surface area (Å²) in [6.07, 6.45) is 6.97. The van der Waals surface area contributed by atoms with E-state index in [0.717, 1.165) is 44.1 Å². The molecule has 0 unspecified atom stereocenters. The summed E-state index contributed by atoms with van der Waals surface area (Å²) in [6, 6.07) is 26.3. The third-order valence-electron chi connectivity index (χ3n) is 9.70. The number of para-hydroxylation sites is 1. The van der Waals surface area contributed by atoms with Crippen molar-refractivity contribution in [3.8, 4) is 22.4 Å². The van der Waals surface area contributed by atoms with E-state index in [1.807, 2.05) is 0 Å². The molecular weight excluding hydrogens is 512 g/mol. The monoisotopic (exact) mass is 546 g/mol. The van der Waals surface area contributed by atoms with Gasteiger partial charge in [-0.3, -0.25) is 0 Å². The second-order valence-electron chi connectivity index (χ2n) is 12.3. The highest BCUT2D eigenvalue weighted by molar-refractivity contribution is 6.15. The van der Waals surface area contributed by atoms with E-state index in [1.54, 1.807) is 6.33 Å². The molecule has 1 saturated carbocycles. The Labute approximate surface area is 246 Å². The lowest BCUT2D eigenvalue weighted by molar-refractivity contribution is 0.670. The summed E-state index contributed by atoms with van der Waals surface area (Å²) in [6.45, 7) is 8.93. The number of aromatic nitrogens is 2. The molecule has 1 aliphatic rings. The molecule has 8 rings (SSSR count). The summed E-state index contributed by atoms with van der Waals surface area (Å²) in [5.41, 5.74) is 14.0. The Morgan fingerprint density at radius 3 is 2.29 bits per heavy atom. The van der Waals surface area contributed by atoms with Crippen LogP contribution in [0.5, 0.6) is 0 Å². The number of hydrogen-bond donors (Lipinski definition) is 0. The van der Waals surface area contributed by atoms with Gasteiger partial charge in [-0.1, -0.05) is 61.4 Å². The van der Waals surface area contributed by atoms with Gasteiger partial charge in [0.1, 0.15) is 17.5 Å². The number of hydrogen-bond acceptors (Lipinski definition) is 3. The molecule has 0 N–H and O–H groups in total. The molecule has 0 saturated heterocycles. The Bertz CT molecular complexity index is 2180. The third kappa shape index (κ3) is 3.73. The summed E-state index contributed by atoms with van der Waals surface area (Å²) in [5, 5.41) is 5.82. The fourth-order valence-corrected chi connectivity index (χ4v) is 7.87. The Hall–Kier alpha value is -4.50. The normalized spacial score (nSPS) is 14.2. The number of rotatable bonds is 3. The molecule has 3 heteroatoms. The molecule has 42 heavy (non-hydrogen) atoms. The van der Waals surface area contributed by atoms with Crippen molar-refractivity contribution < 1.29 is 4.42 Å². The molecule has 0 spiro atoms. The largest absolute Gasteiger partial charge is 0.455 e. The van der Waals surface area contributed by atoms with Crippen LogP contribution in [0.3, 0.4) is 0 Å². The lowest BCUT2D eigenvalue weighted by Gasteiger charge is -2.20. The van der Waals surface area contributed by atoms with Gasteiger partial charge >= 0.3 is 0 Å². The van der Waals surface area contributed by atoms with Crippen LogP contribution in [0.15, 0.2) is 83.5 Å². The quantitative estimate of drug-likeness (QED) is 0.207. The van der Waals surface area contributed by atoms with Gasteiger partial charge in [0.05, 0.1) is 11.2 Å². The number of benzene rings is 5. The van der Waals surface area contributed by atoms with Gasteiger partial charge in [0.25, 0.3) is 0 Å². The van der Waals surface area contributed by atoms with Gasteiger partial charge < -0.3 is 4.42 Å². The molecule has 1 aliphatic carbocycles. The summed E-state index contributed by atoms with van der Waals surface area (Å²) in [5.74, 6) is 0.656. The molecule has 1 fully saturated rings. The van der Waals surface area contributed by atoms with Crippen molar-refractivity contribution in [2.75, 3.05) is 0 Å². The first-order valence-corrected chi connectivity index (χ1v) is 15.2. The van der Waals surface area contributed by atoms with Gasteiger partial charge in [0.15, 0.2) is 0 Å². The number of nitrogens with zero attached hydrogens (tertiary/aromatic N) is 2. The van der Waals surface area contributed by atoms with Crippen molar-refractivity contribution in [1.82, 2.24) is 9.97 Å². The lowest BCUT2D eigenvalue weighted by atomic mass is 9.85. The fraction of sp³-hybridized carbons (Fsp3) is 0.231. The van der Waals surface area contributed by atoms with Crippen LogP contribution in [0.1, 0.15) is 59.4 Å². The van der Waals surface area contributed by atoms with Gasteiger partial charge in [0.2, 0.25) is 0 Å². The average molecular weight is 547 g/mol. The number of furan rings is 1. The van der Waals surface area contributed by atoms with Gasteiger partial charge in [-0.25, -0.2) is 9.97 Å². The van der Waals surface area contributed by atoms with E-state index in [0.29, 0.717) is 5.92 Å². The molecule has 0 amide bonds. The minimum Gasteiger partial charge on any atom is -0.455 e. The number of fused-ring (bicyclic) bond motifs is 6. The van der Waals surface area contributed by atoms with Crippen molar-refractivity contribution in [3.63, 3.8) is 0 Å². The predicted molar refractivity (Wildman–Crippen MR) is 175 cm³/mol. The van der Waals surface area contributed by atoms with Crippen molar-refractivity contribution in [1.29, 1.82) is 0 Å². The smallest absolute Gasteiger partial charge is 0.144 e. The van der Waals surface area contributed by atoms with E-state index >= 15 is 0 Å². The van der Waals surface area contributed by atoms with Crippen LogP contribution >= 0.6 is 0 Å². The minimum absolute atomic E-state index is 0.656. The van der Waals surface area contributed by atoms with Gasteiger partial charge in [-0.15, -0.1) is 0 Å². The highest BCUT2D eigenvalue weighted by Gasteiger charge is 2.24. The molecule has 7 aromatic rings. The zero-order chi connectivity index (χ0) is 28.5. The van der Waals surface area contributed by atoms with E-state index in [2.05, 4.69) is 100 Å². The van der Waals surface area contributed by atoms with Gasteiger partial charge in [-0.05, 0) is 115 Å². The highest BCUT2D eigenvalue weighted by atomic mass is 16.3. The van der Waals surface area contributed by atoms with E-state index in [4.69, 9.17) is 14.4 Å². The van der Waals surface area contributed by atoms with Crippen LogP contribution < -0.4 is 0 Å². The predicted octanol–water partition coefficient (Wildman–Crippen LogP) is 10.9. The van der Waals surface area contributed by atoms with Crippen molar-refractivity contribution in [2.24, 2.45) is 0 Å². The maximum absolute atomic E-state index is 6.68. The van der Waals surface area contributed by atoms with Crippen molar-refractivity contribution >= 4 is 43.6 Å². The average Bonchev–Trinajstić information content (AvgIpc) is 3.64. The van der Waals surface area contributed by atoms with Crippen LogP contribution in [-0.4, -0.2) is 9.97 Å². The summed E-state index contributed by atoms with van der Waals surface area (Å²) >= 11 is 0. The Morgan fingerprint density at radius 2 is 1.48 bits per heavy atom. The van der Waals surface area contributed by atoms with Gasteiger partial charge in [0, 0.05) is 27.1 Å². The molecule has 0 aliphatic heterocycles. The van der Waals surface area contributed by atoms with E-state index in [-0.39, 0.29) is 0 Å². The Morgan fingerprint density at radius 1 is 0.714 bits per heavy atom. The van der Waals surface area contributed by atoms with Crippen LogP contribution in [0.4, 0.5) is 0 Å². The van der Waals surface area contributed by atoms with Crippen LogP contribution in [0.2, 0.25) is 0 Å². The maximum Gasteiger partial charge on any atom is 0.144 e. The Kier molecular flexibility index (Phi) is 5.72. The van der Waals surface area contributed by atoms with Crippen LogP contribution in [-0.2, 0) is 0 Å². The van der Waals surface area contributed by atoms with Crippen LogP contribution in [0, 0.1) is 27.7 Å². The Balaban J connectivity index is 1.35. The number of aryl methyl sites for hydroxylation is 4. The van der Waals surface area contributed by atoms with E-state index in [9.17, 15) is 0 Å². The topological polar surface area (TPSA) is 38.9 Å². The molecule has 206 valence electrons. The second kappa shape index (κ2) is 9.52. The molecule has 2 heterocycles. The molecule has 5 aromatic carbocycles. The summed E-state index contributed by atoms with van der Waals surface area (Å²) in [7, 11) is 0. The molecule has 3 nitrogen and oxygen atoms in total. The first-order valence-electron chi connectivity index (χ1n) is 15.2. The third-order valence-corrected chi connectivity index (χ3v) is 9.70. The molecule has 0 atom stereocenters. The highest BCUT2D eigenvalue weighted by Crippen LogP contribution is 2.43. The molecule has 0 radical (unpaired) electrons. The fourth-order valence-electron chi connectivity index (χ4n) is 7.87. The summed E-state index contributed by atoms with van der Waals surface area (Å²) in [4.78, 5) is 9.77. The summed E-state index contributed by atoms with van der Waals surface area (Å²) < 4.78 is 6.68. The minimum atomic E-state index is 0.656. The zero-order valence-electron chi connectivity index (χ0n) is 24.7. The standard InChI is InChI=1S/C39H34N2O/c1-22-9-7-10-23(2)34(22)28-15-17-29-30-13-8-14-32(39(30)42-33(29)20-28)37-31-18-16-27-19-24(3)35(26-11-5-6-12-26)25(4)36(27)38(31)41-21-40-37/h7-10,13-21,26H,5-6,11-12H2,1-4H3. The molecule has 0 bridgehead atoms. The second-order valence-corrected chi connectivity index (χ2v) is 12.3.